The van der Waals surface area contributed by atoms with E-state index in [0.29, 0.717) is 0 Å². The van der Waals surface area contributed by atoms with Crippen molar-refractivity contribution in [3.05, 3.63) is 116 Å². The van der Waals surface area contributed by atoms with Crippen molar-refractivity contribution in [1.82, 2.24) is 0 Å². The first kappa shape index (κ1) is 16.6. The molecular formula is C25H15Br2N. The Morgan fingerprint density at radius 1 is 0.536 bits per heavy atom. The van der Waals surface area contributed by atoms with Gasteiger partial charge in [0.25, 0.3) is 0 Å². The molecule has 0 aromatic heterocycles. The molecule has 1 N–H and O–H groups in total. The lowest BCUT2D eigenvalue weighted by Crippen LogP contribution is -2.33. The predicted molar refractivity (Wildman–Crippen MR) is 122 cm³/mol. The maximum atomic E-state index is 3.72. The molecule has 0 saturated heterocycles. The van der Waals surface area contributed by atoms with Gasteiger partial charge in [0.05, 0.1) is 5.41 Å². The third-order valence-corrected chi connectivity index (χ3v) is 6.98. The molecule has 1 heterocycles. The summed E-state index contributed by atoms with van der Waals surface area (Å²) < 4.78 is 2.18. The maximum Gasteiger partial charge on any atom is 0.0754 e. The average molecular weight is 489 g/mol. The van der Waals surface area contributed by atoms with Gasteiger partial charge in [-0.25, -0.2) is 0 Å². The molecule has 1 nitrogen and oxygen atoms in total. The van der Waals surface area contributed by atoms with Crippen LogP contribution in [0.3, 0.4) is 0 Å². The van der Waals surface area contributed by atoms with Crippen LogP contribution in [0.4, 0.5) is 11.4 Å². The molecular weight excluding hydrogens is 474 g/mol. The smallest absolute Gasteiger partial charge is 0.0754 e. The largest absolute Gasteiger partial charge is 0.355 e. The van der Waals surface area contributed by atoms with E-state index in [9.17, 15) is 0 Å². The summed E-state index contributed by atoms with van der Waals surface area (Å²) in [4.78, 5) is 0. The van der Waals surface area contributed by atoms with Crippen LogP contribution in [0.25, 0.3) is 11.1 Å². The van der Waals surface area contributed by atoms with Crippen LogP contribution in [-0.2, 0) is 5.41 Å². The van der Waals surface area contributed by atoms with Crippen molar-refractivity contribution in [2.24, 2.45) is 0 Å². The van der Waals surface area contributed by atoms with Crippen LogP contribution in [0.1, 0.15) is 22.3 Å². The first-order valence-corrected chi connectivity index (χ1v) is 10.8. The van der Waals surface area contributed by atoms with Crippen molar-refractivity contribution in [3.63, 3.8) is 0 Å². The molecule has 0 bridgehead atoms. The summed E-state index contributed by atoms with van der Waals surface area (Å²) in [6.07, 6.45) is 0. The van der Waals surface area contributed by atoms with Crippen LogP contribution in [0.5, 0.6) is 0 Å². The molecule has 0 unspecified atom stereocenters. The molecule has 6 rings (SSSR count). The minimum atomic E-state index is -0.337. The van der Waals surface area contributed by atoms with Gasteiger partial charge in [-0.3, -0.25) is 0 Å². The quantitative estimate of drug-likeness (QED) is 0.231. The van der Waals surface area contributed by atoms with Crippen molar-refractivity contribution in [3.8, 4) is 11.1 Å². The fourth-order valence-corrected chi connectivity index (χ4v) is 5.70. The standard InChI is InChI=1S/C25H15Br2N/c26-15-9-11-23-21(13-15)25(22-14-16(27)10-12-24(22)28-23)19-7-3-1-5-17(19)18-6-2-4-8-20(18)25/h1-14,28H. The van der Waals surface area contributed by atoms with E-state index in [1.807, 2.05) is 0 Å². The Hall–Kier alpha value is -2.36. The number of nitrogens with one attached hydrogen (secondary N) is 1. The van der Waals surface area contributed by atoms with E-state index in [-0.39, 0.29) is 5.41 Å². The van der Waals surface area contributed by atoms with E-state index < -0.39 is 0 Å². The number of rotatable bonds is 0. The molecule has 0 radical (unpaired) electrons. The molecule has 0 saturated carbocycles. The molecule has 2 aliphatic rings. The monoisotopic (exact) mass is 487 g/mol. The summed E-state index contributed by atoms with van der Waals surface area (Å²) in [5.41, 5.74) is 9.86. The lowest BCUT2D eigenvalue weighted by molar-refractivity contribution is 0.762. The van der Waals surface area contributed by atoms with Crippen LogP contribution >= 0.6 is 31.9 Å². The van der Waals surface area contributed by atoms with Gasteiger partial charge in [-0.2, -0.15) is 0 Å². The van der Waals surface area contributed by atoms with Crippen LogP contribution in [-0.4, -0.2) is 0 Å². The second kappa shape index (κ2) is 5.82. The van der Waals surface area contributed by atoms with Crippen LogP contribution in [0, 0.1) is 0 Å². The second-order valence-corrected chi connectivity index (χ2v) is 9.18. The van der Waals surface area contributed by atoms with Crippen LogP contribution in [0.15, 0.2) is 93.9 Å². The molecule has 0 atom stereocenters. The molecule has 1 aliphatic carbocycles. The zero-order chi connectivity index (χ0) is 18.9. The Morgan fingerprint density at radius 3 is 1.50 bits per heavy atom. The highest BCUT2D eigenvalue weighted by Gasteiger charge is 2.50. The van der Waals surface area contributed by atoms with Crippen molar-refractivity contribution in [2.75, 3.05) is 5.32 Å². The van der Waals surface area contributed by atoms with Gasteiger partial charge < -0.3 is 5.32 Å². The maximum absolute atomic E-state index is 3.72. The summed E-state index contributed by atoms with van der Waals surface area (Å²) >= 11 is 7.44. The highest BCUT2D eigenvalue weighted by atomic mass is 79.9. The number of halogens is 2. The highest BCUT2D eigenvalue weighted by molar-refractivity contribution is 9.10. The van der Waals surface area contributed by atoms with E-state index >= 15 is 0 Å². The predicted octanol–water partition coefficient (Wildman–Crippen LogP) is 7.63. The van der Waals surface area contributed by atoms with Gasteiger partial charge in [-0.15, -0.1) is 0 Å². The number of anilines is 2. The summed E-state index contributed by atoms with van der Waals surface area (Å²) in [6.45, 7) is 0. The number of hydrogen-bond donors (Lipinski definition) is 1. The van der Waals surface area contributed by atoms with Crippen molar-refractivity contribution >= 4 is 43.2 Å². The van der Waals surface area contributed by atoms with Gasteiger partial charge >= 0.3 is 0 Å². The summed E-state index contributed by atoms with van der Waals surface area (Å²) in [5.74, 6) is 0. The minimum absolute atomic E-state index is 0.337. The van der Waals surface area contributed by atoms with E-state index in [1.54, 1.807) is 0 Å². The molecule has 4 aromatic rings. The Kier molecular flexibility index (Phi) is 3.45. The fourth-order valence-electron chi connectivity index (χ4n) is 4.98. The Bertz CT molecular complexity index is 1180. The van der Waals surface area contributed by atoms with Crippen molar-refractivity contribution in [1.29, 1.82) is 0 Å². The number of fused-ring (bicyclic) bond motifs is 9. The molecule has 134 valence electrons. The summed E-state index contributed by atoms with van der Waals surface area (Å²) in [7, 11) is 0. The lowest BCUT2D eigenvalue weighted by atomic mass is 9.65. The van der Waals surface area contributed by atoms with E-state index in [4.69, 9.17) is 0 Å². The van der Waals surface area contributed by atoms with Gasteiger partial charge in [0.2, 0.25) is 0 Å². The van der Waals surface area contributed by atoms with E-state index in [2.05, 4.69) is 122 Å². The molecule has 28 heavy (non-hydrogen) atoms. The van der Waals surface area contributed by atoms with Crippen LogP contribution in [0.2, 0.25) is 0 Å². The Balaban J connectivity index is 1.86. The summed E-state index contributed by atoms with van der Waals surface area (Å²) in [6, 6.07) is 30.8. The Labute approximate surface area is 180 Å². The summed E-state index contributed by atoms with van der Waals surface area (Å²) in [5, 5.41) is 3.67. The minimum Gasteiger partial charge on any atom is -0.355 e. The van der Waals surface area contributed by atoms with E-state index in [0.717, 1.165) is 20.3 Å². The topological polar surface area (TPSA) is 12.0 Å². The Morgan fingerprint density at radius 2 is 1.00 bits per heavy atom. The van der Waals surface area contributed by atoms with Crippen molar-refractivity contribution in [2.45, 2.75) is 5.41 Å². The average Bonchev–Trinajstić information content (AvgIpc) is 3.01. The first-order chi connectivity index (χ1) is 13.7. The van der Waals surface area contributed by atoms with Crippen molar-refractivity contribution < 1.29 is 0 Å². The zero-order valence-corrected chi connectivity index (χ0v) is 18.0. The molecule has 4 aromatic carbocycles. The fraction of sp³-hybridized carbons (Fsp3) is 0.0400. The molecule has 0 fully saturated rings. The third-order valence-electron chi connectivity index (χ3n) is 5.99. The van der Waals surface area contributed by atoms with Gasteiger partial charge in [-0.05, 0) is 69.8 Å². The van der Waals surface area contributed by atoms with E-state index in [1.165, 1.54) is 33.4 Å². The second-order valence-electron chi connectivity index (χ2n) is 7.35. The molecule has 0 amide bonds. The first-order valence-electron chi connectivity index (χ1n) is 9.26. The number of benzene rings is 4. The van der Waals surface area contributed by atoms with Crippen LogP contribution < -0.4 is 5.32 Å². The zero-order valence-electron chi connectivity index (χ0n) is 14.8. The van der Waals surface area contributed by atoms with Gasteiger partial charge in [-0.1, -0.05) is 80.4 Å². The normalized spacial score (nSPS) is 14.6. The third kappa shape index (κ3) is 2.01. The highest BCUT2D eigenvalue weighted by Crippen LogP contribution is 2.61. The molecule has 1 aliphatic heterocycles. The molecule has 1 spiro atoms. The van der Waals surface area contributed by atoms with Gasteiger partial charge in [0.1, 0.15) is 0 Å². The van der Waals surface area contributed by atoms with Gasteiger partial charge in [0.15, 0.2) is 0 Å². The number of hydrogen-bond acceptors (Lipinski definition) is 1. The SMILES string of the molecule is Brc1ccc2c(c1)C1(c3cc(Br)ccc3N2)c2ccccc2-c2ccccc21. The molecule has 3 heteroatoms. The lowest BCUT2D eigenvalue weighted by Gasteiger charge is -2.40. The van der Waals surface area contributed by atoms with Gasteiger partial charge in [0, 0.05) is 20.3 Å².